The van der Waals surface area contributed by atoms with Crippen molar-refractivity contribution in [2.24, 2.45) is 0 Å². The smallest absolute Gasteiger partial charge is 0.229 e. The van der Waals surface area contributed by atoms with Gasteiger partial charge in [-0.15, -0.1) is 0 Å². The minimum absolute atomic E-state index is 0.00988. The predicted molar refractivity (Wildman–Crippen MR) is 92.2 cm³/mol. The van der Waals surface area contributed by atoms with Gasteiger partial charge in [0.05, 0.1) is 7.11 Å². The standard InChI is InChI=1S/C18H25N3O3/c1-24-16-5-3-15(4-6-16)20-13-11-19(12-14-20)9-2-10-21-17(22)7-8-18(21)23/h3-6H,2,7-14H2,1H3. The lowest BCUT2D eigenvalue weighted by Crippen LogP contribution is -2.47. The van der Waals surface area contributed by atoms with Gasteiger partial charge >= 0.3 is 0 Å². The largest absolute Gasteiger partial charge is 0.497 e. The van der Waals surface area contributed by atoms with Gasteiger partial charge in [0, 0.05) is 51.3 Å². The van der Waals surface area contributed by atoms with Crippen molar-refractivity contribution in [1.29, 1.82) is 0 Å². The molecule has 130 valence electrons. The van der Waals surface area contributed by atoms with Crippen LogP contribution in [0, 0.1) is 0 Å². The van der Waals surface area contributed by atoms with Crippen LogP contribution in [0.2, 0.25) is 0 Å². The first-order valence-electron chi connectivity index (χ1n) is 8.62. The number of likely N-dealkylation sites (tertiary alicyclic amines) is 1. The number of hydrogen-bond donors (Lipinski definition) is 0. The van der Waals surface area contributed by atoms with Crippen molar-refractivity contribution in [3.05, 3.63) is 24.3 Å². The number of carbonyl (C=O) groups is 2. The van der Waals surface area contributed by atoms with Crippen molar-refractivity contribution in [1.82, 2.24) is 9.80 Å². The topological polar surface area (TPSA) is 53.1 Å². The van der Waals surface area contributed by atoms with Gasteiger partial charge in [-0.3, -0.25) is 19.4 Å². The molecule has 3 rings (SSSR count). The number of ether oxygens (including phenoxy) is 1. The average molecular weight is 331 g/mol. The lowest BCUT2D eigenvalue weighted by molar-refractivity contribution is -0.138. The molecule has 6 nitrogen and oxygen atoms in total. The van der Waals surface area contributed by atoms with Gasteiger partial charge in [-0.05, 0) is 37.2 Å². The van der Waals surface area contributed by atoms with Crippen LogP contribution in [0.1, 0.15) is 19.3 Å². The Morgan fingerprint density at radius 2 is 1.54 bits per heavy atom. The fraction of sp³-hybridized carbons (Fsp3) is 0.556. The molecule has 2 aliphatic heterocycles. The summed E-state index contributed by atoms with van der Waals surface area (Å²) in [5.74, 6) is 0.858. The molecule has 6 heteroatoms. The highest BCUT2D eigenvalue weighted by molar-refractivity contribution is 6.01. The van der Waals surface area contributed by atoms with Crippen LogP contribution in [0.15, 0.2) is 24.3 Å². The molecule has 0 radical (unpaired) electrons. The zero-order valence-corrected chi connectivity index (χ0v) is 14.2. The number of benzene rings is 1. The Kier molecular flexibility index (Phi) is 5.35. The lowest BCUT2D eigenvalue weighted by atomic mass is 10.2. The first-order chi connectivity index (χ1) is 11.7. The van der Waals surface area contributed by atoms with Crippen LogP contribution in [0.5, 0.6) is 5.75 Å². The molecule has 24 heavy (non-hydrogen) atoms. The maximum Gasteiger partial charge on any atom is 0.229 e. The van der Waals surface area contributed by atoms with E-state index in [1.54, 1.807) is 7.11 Å². The Morgan fingerprint density at radius 1 is 0.917 bits per heavy atom. The van der Waals surface area contributed by atoms with E-state index in [1.165, 1.54) is 10.6 Å². The van der Waals surface area contributed by atoms with Crippen molar-refractivity contribution in [2.75, 3.05) is 51.3 Å². The van der Waals surface area contributed by atoms with E-state index < -0.39 is 0 Å². The Labute approximate surface area is 143 Å². The molecule has 0 atom stereocenters. The molecule has 2 amide bonds. The molecule has 0 aromatic heterocycles. The van der Waals surface area contributed by atoms with Crippen LogP contribution in [0.25, 0.3) is 0 Å². The summed E-state index contributed by atoms with van der Waals surface area (Å²) < 4.78 is 5.20. The summed E-state index contributed by atoms with van der Waals surface area (Å²) in [4.78, 5) is 29.4. The van der Waals surface area contributed by atoms with Gasteiger partial charge in [0.1, 0.15) is 5.75 Å². The van der Waals surface area contributed by atoms with Crippen LogP contribution >= 0.6 is 0 Å². The quantitative estimate of drug-likeness (QED) is 0.737. The molecule has 1 aromatic carbocycles. The molecule has 0 N–H and O–H groups in total. The van der Waals surface area contributed by atoms with Gasteiger partial charge in [0.15, 0.2) is 0 Å². The van der Waals surface area contributed by atoms with E-state index in [1.807, 2.05) is 12.1 Å². The second kappa shape index (κ2) is 7.66. The highest BCUT2D eigenvalue weighted by Crippen LogP contribution is 2.20. The summed E-state index contributed by atoms with van der Waals surface area (Å²) >= 11 is 0. The van der Waals surface area contributed by atoms with E-state index in [9.17, 15) is 9.59 Å². The number of amides is 2. The van der Waals surface area contributed by atoms with Gasteiger partial charge in [0.25, 0.3) is 0 Å². The molecule has 2 heterocycles. The Bertz CT molecular complexity index is 564. The van der Waals surface area contributed by atoms with E-state index in [2.05, 4.69) is 21.9 Å². The number of anilines is 1. The molecule has 0 spiro atoms. The summed E-state index contributed by atoms with van der Waals surface area (Å²) in [5.41, 5.74) is 1.23. The first kappa shape index (κ1) is 16.8. The SMILES string of the molecule is COc1ccc(N2CCN(CCCN3C(=O)CCC3=O)CC2)cc1. The number of methoxy groups -OCH3 is 1. The van der Waals surface area contributed by atoms with E-state index in [0.29, 0.717) is 19.4 Å². The molecule has 2 saturated heterocycles. The fourth-order valence-corrected chi connectivity index (χ4v) is 3.35. The normalized spacial score (nSPS) is 19.2. The summed E-state index contributed by atoms with van der Waals surface area (Å²) in [7, 11) is 1.68. The van der Waals surface area contributed by atoms with Crippen LogP contribution in [-0.2, 0) is 9.59 Å². The second-order valence-electron chi connectivity index (χ2n) is 6.32. The molecular formula is C18H25N3O3. The van der Waals surface area contributed by atoms with E-state index in [-0.39, 0.29) is 11.8 Å². The number of hydrogen-bond acceptors (Lipinski definition) is 5. The van der Waals surface area contributed by atoms with Gasteiger partial charge in [-0.1, -0.05) is 0 Å². The molecule has 0 unspecified atom stereocenters. The summed E-state index contributed by atoms with van der Waals surface area (Å²) in [6.07, 6.45) is 1.64. The third-order valence-corrected chi connectivity index (χ3v) is 4.82. The molecule has 1 aromatic rings. The monoisotopic (exact) mass is 331 g/mol. The van der Waals surface area contributed by atoms with Crippen LogP contribution in [0.4, 0.5) is 5.69 Å². The summed E-state index contributed by atoms with van der Waals surface area (Å²) in [6.45, 7) is 5.51. The van der Waals surface area contributed by atoms with Crippen molar-refractivity contribution in [2.45, 2.75) is 19.3 Å². The highest BCUT2D eigenvalue weighted by Gasteiger charge is 2.28. The zero-order chi connectivity index (χ0) is 16.9. The Hall–Kier alpha value is -2.08. The molecular weight excluding hydrogens is 306 g/mol. The summed E-state index contributed by atoms with van der Waals surface area (Å²) in [6, 6.07) is 8.18. The number of imide groups is 1. The highest BCUT2D eigenvalue weighted by atomic mass is 16.5. The number of rotatable bonds is 6. The van der Waals surface area contributed by atoms with Gasteiger partial charge < -0.3 is 9.64 Å². The zero-order valence-electron chi connectivity index (χ0n) is 14.2. The second-order valence-corrected chi connectivity index (χ2v) is 6.32. The van der Waals surface area contributed by atoms with Crippen LogP contribution in [-0.4, -0.2) is 68.0 Å². The predicted octanol–water partition coefficient (Wildman–Crippen LogP) is 1.36. The third kappa shape index (κ3) is 3.87. The molecule has 0 saturated carbocycles. The third-order valence-electron chi connectivity index (χ3n) is 4.82. The Balaban J connectivity index is 1.40. The minimum Gasteiger partial charge on any atom is -0.497 e. The van der Waals surface area contributed by atoms with E-state index in [0.717, 1.165) is 44.9 Å². The van der Waals surface area contributed by atoms with Crippen molar-refractivity contribution in [3.8, 4) is 5.75 Å². The summed E-state index contributed by atoms with van der Waals surface area (Å²) in [5, 5.41) is 0. The van der Waals surface area contributed by atoms with Crippen molar-refractivity contribution < 1.29 is 14.3 Å². The maximum atomic E-state index is 11.6. The van der Waals surface area contributed by atoms with Gasteiger partial charge in [0.2, 0.25) is 11.8 Å². The van der Waals surface area contributed by atoms with Crippen molar-refractivity contribution in [3.63, 3.8) is 0 Å². The van der Waals surface area contributed by atoms with Crippen LogP contribution < -0.4 is 9.64 Å². The van der Waals surface area contributed by atoms with E-state index in [4.69, 9.17) is 4.74 Å². The molecule has 2 fully saturated rings. The first-order valence-corrected chi connectivity index (χ1v) is 8.62. The Morgan fingerprint density at radius 3 is 2.12 bits per heavy atom. The number of piperazine rings is 1. The fourth-order valence-electron chi connectivity index (χ4n) is 3.35. The van der Waals surface area contributed by atoms with Gasteiger partial charge in [-0.2, -0.15) is 0 Å². The molecule has 0 aliphatic carbocycles. The maximum absolute atomic E-state index is 11.6. The van der Waals surface area contributed by atoms with Crippen molar-refractivity contribution >= 4 is 17.5 Å². The number of carbonyl (C=O) groups excluding carboxylic acids is 2. The number of nitrogens with zero attached hydrogens (tertiary/aromatic N) is 3. The molecule has 0 bridgehead atoms. The molecule has 2 aliphatic rings. The van der Waals surface area contributed by atoms with E-state index >= 15 is 0 Å². The van der Waals surface area contributed by atoms with Gasteiger partial charge in [-0.25, -0.2) is 0 Å². The average Bonchev–Trinajstić information content (AvgIpc) is 2.94. The lowest BCUT2D eigenvalue weighted by Gasteiger charge is -2.36. The minimum atomic E-state index is -0.00988. The van der Waals surface area contributed by atoms with Crippen LogP contribution in [0.3, 0.4) is 0 Å².